The molecule has 2 N–H and O–H groups in total. The molecule has 0 aliphatic heterocycles. The van der Waals surface area contributed by atoms with Crippen molar-refractivity contribution in [1.82, 2.24) is 15.3 Å². The number of carbonyl (C=O) groups is 1. The van der Waals surface area contributed by atoms with Gasteiger partial charge in [-0.2, -0.15) is 5.10 Å². The van der Waals surface area contributed by atoms with Crippen molar-refractivity contribution >= 4 is 17.9 Å². The lowest BCUT2D eigenvalue weighted by Gasteiger charge is -2.14. The third-order valence-corrected chi connectivity index (χ3v) is 4.22. The van der Waals surface area contributed by atoms with Crippen LogP contribution in [-0.2, 0) is 11.2 Å². The number of unbranched alkanes of at least 4 members (excludes halogenated alkanes) is 1. The quantitative estimate of drug-likeness (QED) is 0.172. The van der Waals surface area contributed by atoms with Gasteiger partial charge in [-0.15, -0.1) is 12.3 Å². The van der Waals surface area contributed by atoms with Crippen molar-refractivity contribution in [3.8, 4) is 12.3 Å². The summed E-state index contributed by atoms with van der Waals surface area (Å²) in [7, 11) is 3.88. The first kappa shape index (κ1) is 29.8. The lowest BCUT2D eigenvalue weighted by Crippen LogP contribution is -2.16. The molecule has 6 heteroatoms. The van der Waals surface area contributed by atoms with Gasteiger partial charge in [-0.3, -0.25) is 4.79 Å². The highest BCUT2D eigenvalue weighted by molar-refractivity contribution is 5.82. The van der Waals surface area contributed by atoms with Gasteiger partial charge in [0.05, 0.1) is 0 Å². The fourth-order valence-electron chi connectivity index (χ4n) is 2.55. The van der Waals surface area contributed by atoms with Crippen molar-refractivity contribution in [2.45, 2.75) is 66.7 Å². The molecule has 170 valence electrons. The molecule has 1 aromatic heterocycles. The van der Waals surface area contributed by atoms with Crippen molar-refractivity contribution in [2.24, 2.45) is 11.0 Å². The number of hydrogen-bond donors (Lipinski definition) is 2. The van der Waals surface area contributed by atoms with Gasteiger partial charge in [-0.1, -0.05) is 26.3 Å². The van der Waals surface area contributed by atoms with Crippen LogP contribution in [0.3, 0.4) is 0 Å². The normalized spacial score (nSPS) is 11.1. The number of hydrogen-bond acceptors (Lipinski definition) is 5. The van der Waals surface area contributed by atoms with Gasteiger partial charge in [-0.25, -0.2) is 9.99 Å². The van der Waals surface area contributed by atoms with Crippen LogP contribution in [0.5, 0.6) is 0 Å². The van der Waals surface area contributed by atoms with E-state index in [-0.39, 0.29) is 0 Å². The summed E-state index contributed by atoms with van der Waals surface area (Å²) in [5.41, 5.74) is 2.24. The average molecular weight is 418 g/mol. The predicted octanol–water partition coefficient (Wildman–Crippen LogP) is 4.58. The topological polar surface area (TPSA) is 69.6 Å². The average Bonchev–Trinajstić information content (AvgIpc) is 2.76. The molecule has 0 fully saturated rings. The minimum absolute atomic E-state index is 0.540. The standard InChI is InChI=1S/C16H26N4O.C5H13N.C3H4/c1-5-20(12-21)19-14(3)9-8-13(2)11-15-7-6-10-18-16(15)17-4;1-3-4-5-6-2;1-3-2/h6-7,10,12-13H,5,8-9,11H2,1-4H3,(H,17,18);6H,3-5H2,1-2H3;1H,2H3/b19-14-;;. The number of rotatable bonds is 12. The van der Waals surface area contributed by atoms with Crippen LogP contribution in [0, 0.1) is 18.3 Å². The Morgan fingerprint density at radius 1 is 1.40 bits per heavy atom. The lowest BCUT2D eigenvalue weighted by molar-refractivity contribution is -0.118. The maximum Gasteiger partial charge on any atom is 0.229 e. The summed E-state index contributed by atoms with van der Waals surface area (Å²) in [6.45, 7) is 11.7. The predicted molar refractivity (Wildman–Crippen MR) is 131 cm³/mol. The Kier molecular flexibility index (Phi) is 21.2. The Labute approximate surface area is 184 Å². The second-order valence-corrected chi connectivity index (χ2v) is 7.05. The molecule has 1 rings (SSSR count). The number of nitrogens with one attached hydrogen (secondary N) is 2. The monoisotopic (exact) mass is 417 g/mol. The van der Waals surface area contributed by atoms with Crippen molar-refractivity contribution in [3.63, 3.8) is 0 Å². The van der Waals surface area contributed by atoms with Crippen LogP contribution < -0.4 is 10.6 Å². The first-order valence-electron chi connectivity index (χ1n) is 10.8. The van der Waals surface area contributed by atoms with Crippen molar-refractivity contribution in [3.05, 3.63) is 23.9 Å². The highest BCUT2D eigenvalue weighted by Gasteiger charge is 2.09. The number of amides is 1. The van der Waals surface area contributed by atoms with Crippen LogP contribution in [-0.4, -0.2) is 49.3 Å². The Bertz CT molecular complexity index is 606. The summed E-state index contributed by atoms with van der Waals surface area (Å²) in [4.78, 5) is 15.1. The number of aromatic nitrogens is 1. The van der Waals surface area contributed by atoms with Crippen molar-refractivity contribution in [2.75, 3.05) is 32.5 Å². The summed E-state index contributed by atoms with van der Waals surface area (Å²) in [6, 6.07) is 4.08. The molecule has 1 aromatic rings. The molecule has 0 aromatic carbocycles. The van der Waals surface area contributed by atoms with Crippen LogP contribution in [0.2, 0.25) is 0 Å². The molecule has 0 saturated heterocycles. The zero-order valence-corrected chi connectivity index (χ0v) is 20.2. The second-order valence-electron chi connectivity index (χ2n) is 7.05. The highest BCUT2D eigenvalue weighted by Crippen LogP contribution is 2.19. The van der Waals surface area contributed by atoms with Crippen LogP contribution in [0.1, 0.15) is 65.9 Å². The van der Waals surface area contributed by atoms with Crippen LogP contribution in [0.15, 0.2) is 23.4 Å². The van der Waals surface area contributed by atoms with Gasteiger partial charge < -0.3 is 10.6 Å². The Morgan fingerprint density at radius 3 is 2.53 bits per heavy atom. The minimum Gasteiger partial charge on any atom is -0.373 e. The van der Waals surface area contributed by atoms with Gasteiger partial charge in [0.1, 0.15) is 5.82 Å². The molecular weight excluding hydrogens is 374 g/mol. The molecule has 0 aliphatic carbocycles. The van der Waals surface area contributed by atoms with E-state index in [1.807, 2.05) is 34.0 Å². The lowest BCUT2D eigenvalue weighted by atomic mass is 9.96. The minimum atomic E-state index is 0.540. The SMILES string of the molecule is C#CC.CCCCNC.CCN(C=O)/N=C(/C)CCC(C)Cc1cccnc1NC. The zero-order chi connectivity index (χ0) is 23.2. The molecule has 0 aliphatic rings. The molecule has 30 heavy (non-hydrogen) atoms. The highest BCUT2D eigenvalue weighted by atomic mass is 16.1. The molecule has 1 atom stereocenters. The maximum absolute atomic E-state index is 10.7. The molecular formula is C24H43N5O. The van der Waals surface area contributed by atoms with Crippen LogP contribution in [0.4, 0.5) is 5.82 Å². The van der Waals surface area contributed by atoms with E-state index in [1.54, 1.807) is 13.1 Å². The number of terminal acetylenes is 1. The summed E-state index contributed by atoms with van der Waals surface area (Å²) in [6.07, 6.45) is 12.7. The van der Waals surface area contributed by atoms with Crippen molar-refractivity contribution in [1.29, 1.82) is 0 Å². The number of anilines is 1. The maximum atomic E-state index is 10.7. The Hall–Kier alpha value is -2.39. The fourth-order valence-corrected chi connectivity index (χ4v) is 2.55. The Morgan fingerprint density at radius 2 is 2.07 bits per heavy atom. The molecule has 1 unspecified atom stereocenters. The van der Waals surface area contributed by atoms with E-state index in [9.17, 15) is 4.79 Å². The Balaban J connectivity index is 0. The summed E-state index contributed by atoms with van der Waals surface area (Å²) >= 11 is 0. The third kappa shape index (κ3) is 16.6. The number of hydrazone groups is 1. The number of pyridine rings is 1. The third-order valence-electron chi connectivity index (χ3n) is 4.22. The summed E-state index contributed by atoms with van der Waals surface area (Å²) in [5, 5.41) is 11.9. The van der Waals surface area contributed by atoms with E-state index in [0.29, 0.717) is 12.5 Å². The first-order chi connectivity index (χ1) is 14.4. The zero-order valence-electron chi connectivity index (χ0n) is 20.2. The molecule has 1 heterocycles. The second kappa shape index (κ2) is 21.3. The summed E-state index contributed by atoms with van der Waals surface area (Å²) in [5.74, 6) is 3.74. The van der Waals surface area contributed by atoms with Crippen molar-refractivity contribution < 1.29 is 4.79 Å². The largest absolute Gasteiger partial charge is 0.373 e. The number of nitrogens with zero attached hydrogens (tertiary/aromatic N) is 3. The van der Waals surface area contributed by atoms with Gasteiger partial charge in [0.25, 0.3) is 0 Å². The van der Waals surface area contributed by atoms with Gasteiger partial charge in [0, 0.05) is 25.5 Å². The smallest absolute Gasteiger partial charge is 0.229 e. The van der Waals surface area contributed by atoms with E-state index >= 15 is 0 Å². The van der Waals surface area contributed by atoms with Gasteiger partial charge >= 0.3 is 0 Å². The molecule has 6 nitrogen and oxygen atoms in total. The summed E-state index contributed by atoms with van der Waals surface area (Å²) < 4.78 is 0. The molecule has 1 amide bonds. The van der Waals surface area contributed by atoms with Gasteiger partial charge in [-0.05, 0) is 77.6 Å². The van der Waals surface area contributed by atoms with Gasteiger partial charge in [0.2, 0.25) is 6.41 Å². The molecule has 0 bridgehead atoms. The van der Waals surface area contributed by atoms with Crippen LogP contribution in [0.25, 0.3) is 0 Å². The van der Waals surface area contributed by atoms with Gasteiger partial charge in [0.15, 0.2) is 0 Å². The van der Waals surface area contributed by atoms with Crippen LogP contribution >= 0.6 is 0 Å². The van der Waals surface area contributed by atoms with E-state index in [2.05, 4.69) is 53.0 Å². The number of carbonyl (C=O) groups excluding carboxylic acids is 1. The molecule has 0 spiro atoms. The van der Waals surface area contributed by atoms with E-state index < -0.39 is 0 Å². The fraction of sp³-hybridized carbons (Fsp3) is 0.625. The van der Waals surface area contributed by atoms with E-state index in [4.69, 9.17) is 0 Å². The first-order valence-corrected chi connectivity index (χ1v) is 10.8. The van der Waals surface area contributed by atoms with E-state index in [1.165, 1.54) is 23.4 Å². The molecule has 0 saturated carbocycles. The molecule has 0 radical (unpaired) electrons. The van der Waals surface area contributed by atoms with E-state index in [0.717, 1.165) is 43.7 Å².